The lowest BCUT2D eigenvalue weighted by Gasteiger charge is -2.00. The topological polar surface area (TPSA) is 0 Å². The van der Waals surface area contributed by atoms with Crippen LogP contribution in [0.5, 0.6) is 0 Å². The first-order valence-electron chi connectivity index (χ1n) is 3.54. The van der Waals surface area contributed by atoms with Crippen LogP contribution >= 0.6 is 0 Å². The van der Waals surface area contributed by atoms with Gasteiger partial charge in [-0.3, -0.25) is 0 Å². The third kappa shape index (κ3) is 2.50. The van der Waals surface area contributed by atoms with Crippen LogP contribution in [0.4, 0.5) is 0 Å². The van der Waals surface area contributed by atoms with Gasteiger partial charge in [0, 0.05) is 0 Å². The van der Waals surface area contributed by atoms with Crippen molar-refractivity contribution in [2.75, 3.05) is 0 Å². The third-order valence-electron chi connectivity index (χ3n) is 1.67. The van der Waals surface area contributed by atoms with E-state index in [1.54, 1.807) is 0 Å². The molecule has 0 amide bonds. The summed E-state index contributed by atoms with van der Waals surface area (Å²) < 4.78 is 0. The van der Waals surface area contributed by atoms with E-state index < -0.39 is 0 Å². The molecular formula is C9H16. The zero-order valence-corrected chi connectivity index (χ0v) is 6.86. The van der Waals surface area contributed by atoms with E-state index in [4.69, 9.17) is 0 Å². The second kappa shape index (κ2) is 4.37. The Hall–Kier alpha value is -0.520. The van der Waals surface area contributed by atoms with Gasteiger partial charge in [-0.1, -0.05) is 24.6 Å². The van der Waals surface area contributed by atoms with Crippen LogP contribution in [0.2, 0.25) is 0 Å². The van der Waals surface area contributed by atoms with Crippen molar-refractivity contribution in [2.24, 2.45) is 0 Å². The number of hydrogen-bond donors (Lipinski definition) is 0. The Bertz CT molecular complexity index is 127. The van der Waals surface area contributed by atoms with Crippen LogP contribution < -0.4 is 0 Å². The summed E-state index contributed by atoms with van der Waals surface area (Å²) in [6.07, 6.45) is 5.47. The minimum Gasteiger partial charge on any atom is -0.0845 e. The third-order valence-corrected chi connectivity index (χ3v) is 1.67. The van der Waals surface area contributed by atoms with Gasteiger partial charge in [0.05, 0.1) is 0 Å². The van der Waals surface area contributed by atoms with E-state index in [0.717, 1.165) is 6.42 Å². The molecule has 0 unspecified atom stereocenters. The standard InChI is InChI=1S/C9H16/c1-5-8(4)9(6-2)7-3/h5-6H,7H2,1-4H3/b8-5-,9-6-. The van der Waals surface area contributed by atoms with Crippen molar-refractivity contribution in [3.8, 4) is 0 Å². The predicted molar refractivity (Wildman–Crippen MR) is 43.5 cm³/mol. The number of hydrogen-bond acceptors (Lipinski definition) is 0. The molecule has 0 atom stereocenters. The fourth-order valence-corrected chi connectivity index (χ4v) is 0.896. The van der Waals surface area contributed by atoms with Gasteiger partial charge in [0.15, 0.2) is 0 Å². The lowest BCUT2D eigenvalue weighted by molar-refractivity contribution is 1.09. The van der Waals surface area contributed by atoms with Gasteiger partial charge < -0.3 is 0 Å². The van der Waals surface area contributed by atoms with E-state index in [2.05, 4.69) is 39.8 Å². The molecule has 0 N–H and O–H groups in total. The second-order valence-electron chi connectivity index (χ2n) is 2.14. The van der Waals surface area contributed by atoms with Crippen LogP contribution in [-0.2, 0) is 0 Å². The molecule has 0 saturated carbocycles. The highest BCUT2D eigenvalue weighted by atomic mass is 14.0. The monoisotopic (exact) mass is 124 g/mol. The van der Waals surface area contributed by atoms with Crippen molar-refractivity contribution in [3.63, 3.8) is 0 Å². The van der Waals surface area contributed by atoms with E-state index in [0.29, 0.717) is 0 Å². The van der Waals surface area contributed by atoms with E-state index in [9.17, 15) is 0 Å². The zero-order chi connectivity index (χ0) is 7.28. The Balaban J connectivity index is 4.14. The van der Waals surface area contributed by atoms with E-state index in [1.807, 2.05) is 0 Å². The second-order valence-corrected chi connectivity index (χ2v) is 2.14. The SMILES string of the molecule is C/C=C(C)\C(=C/C)CC. The van der Waals surface area contributed by atoms with Crippen LogP contribution in [-0.4, -0.2) is 0 Å². The van der Waals surface area contributed by atoms with Gasteiger partial charge in [0.2, 0.25) is 0 Å². The molecular weight excluding hydrogens is 108 g/mol. The van der Waals surface area contributed by atoms with Crippen molar-refractivity contribution in [3.05, 3.63) is 23.3 Å². The first-order chi connectivity index (χ1) is 4.26. The fraction of sp³-hybridized carbons (Fsp3) is 0.556. The van der Waals surface area contributed by atoms with Crippen LogP contribution in [0, 0.1) is 0 Å². The molecule has 52 valence electrons. The van der Waals surface area contributed by atoms with Gasteiger partial charge in [-0.25, -0.2) is 0 Å². The zero-order valence-electron chi connectivity index (χ0n) is 6.86. The molecule has 0 heterocycles. The van der Waals surface area contributed by atoms with Crippen molar-refractivity contribution in [2.45, 2.75) is 34.1 Å². The summed E-state index contributed by atoms with van der Waals surface area (Å²) >= 11 is 0. The van der Waals surface area contributed by atoms with Crippen LogP contribution in [0.1, 0.15) is 34.1 Å². The maximum Gasteiger partial charge on any atom is -0.0308 e. The average molecular weight is 124 g/mol. The Morgan fingerprint density at radius 1 is 1.22 bits per heavy atom. The van der Waals surface area contributed by atoms with Crippen molar-refractivity contribution in [1.29, 1.82) is 0 Å². The molecule has 0 radical (unpaired) electrons. The molecule has 0 aliphatic heterocycles. The molecule has 0 aromatic rings. The van der Waals surface area contributed by atoms with Gasteiger partial charge in [0.25, 0.3) is 0 Å². The maximum atomic E-state index is 2.18. The summed E-state index contributed by atoms with van der Waals surface area (Å²) in [7, 11) is 0. The van der Waals surface area contributed by atoms with E-state index in [1.165, 1.54) is 11.1 Å². The summed E-state index contributed by atoms with van der Waals surface area (Å²) in [4.78, 5) is 0. The van der Waals surface area contributed by atoms with Gasteiger partial charge in [0.1, 0.15) is 0 Å². The molecule has 0 aromatic carbocycles. The molecule has 0 spiro atoms. The van der Waals surface area contributed by atoms with Gasteiger partial charge in [-0.2, -0.15) is 0 Å². The minimum absolute atomic E-state index is 1.15. The molecule has 0 rings (SSSR count). The lowest BCUT2D eigenvalue weighted by atomic mass is 10.1. The Kier molecular flexibility index (Phi) is 4.12. The highest BCUT2D eigenvalue weighted by molar-refractivity contribution is 5.27. The maximum absolute atomic E-state index is 2.18. The molecule has 0 aliphatic carbocycles. The molecule has 0 aliphatic rings. The summed E-state index contributed by atoms with van der Waals surface area (Å²) in [6, 6.07) is 0. The van der Waals surface area contributed by atoms with E-state index in [-0.39, 0.29) is 0 Å². The minimum atomic E-state index is 1.15. The van der Waals surface area contributed by atoms with Gasteiger partial charge in [-0.05, 0) is 32.8 Å². The summed E-state index contributed by atoms with van der Waals surface area (Å²) in [5.74, 6) is 0. The smallest absolute Gasteiger partial charge is 0.0308 e. The lowest BCUT2D eigenvalue weighted by Crippen LogP contribution is -1.80. The van der Waals surface area contributed by atoms with Crippen LogP contribution in [0.25, 0.3) is 0 Å². The molecule has 0 aromatic heterocycles. The predicted octanol–water partition coefficient (Wildman–Crippen LogP) is 3.31. The first kappa shape index (κ1) is 8.48. The van der Waals surface area contributed by atoms with Crippen LogP contribution in [0.15, 0.2) is 23.3 Å². The van der Waals surface area contributed by atoms with Crippen LogP contribution in [0.3, 0.4) is 0 Å². The molecule has 0 bridgehead atoms. The summed E-state index contributed by atoms with van der Waals surface area (Å²) in [6.45, 7) is 8.50. The highest BCUT2D eigenvalue weighted by Gasteiger charge is 1.91. The molecule has 0 saturated heterocycles. The first-order valence-corrected chi connectivity index (χ1v) is 3.54. The van der Waals surface area contributed by atoms with E-state index >= 15 is 0 Å². The molecule has 9 heavy (non-hydrogen) atoms. The van der Waals surface area contributed by atoms with Crippen molar-refractivity contribution >= 4 is 0 Å². The molecule has 0 fully saturated rings. The van der Waals surface area contributed by atoms with Crippen molar-refractivity contribution in [1.82, 2.24) is 0 Å². The number of rotatable bonds is 2. The molecule has 0 heteroatoms. The van der Waals surface area contributed by atoms with Gasteiger partial charge in [-0.15, -0.1) is 0 Å². The normalized spacial score (nSPS) is 14.2. The number of allylic oxidation sites excluding steroid dienone is 4. The summed E-state index contributed by atoms with van der Waals surface area (Å²) in [5, 5.41) is 0. The van der Waals surface area contributed by atoms with Gasteiger partial charge >= 0.3 is 0 Å². The Morgan fingerprint density at radius 3 is 1.89 bits per heavy atom. The quantitative estimate of drug-likeness (QED) is 0.495. The molecule has 0 nitrogen and oxygen atoms in total. The van der Waals surface area contributed by atoms with Crippen molar-refractivity contribution < 1.29 is 0 Å². The fourth-order valence-electron chi connectivity index (χ4n) is 0.896. The average Bonchev–Trinajstić information content (AvgIpc) is 1.90. The highest BCUT2D eigenvalue weighted by Crippen LogP contribution is 2.11. The Morgan fingerprint density at radius 2 is 1.78 bits per heavy atom. The Labute approximate surface area is 58.3 Å². The summed E-state index contributed by atoms with van der Waals surface area (Å²) in [5.41, 5.74) is 2.86. The largest absolute Gasteiger partial charge is 0.0845 e.